The maximum atomic E-state index is 6.44. The standard InChI is InChI=1S/C22H22ClN5/c1-14-26(2)19-11-8-15(12-20(19)27(14)3)13-28-22(16-9-10-16)21(24-25-28)17-6-4-5-7-18(17)23/h4-8,11-12,16H,1,9-10,13H2,2-3H3. The lowest BCUT2D eigenvalue weighted by Gasteiger charge is -2.15. The molecule has 2 heterocycles. The lowest BCUT2D eigenvalue weighted by Crippen LogP contribution is -2.20. The van der Waals surface area contributed by atoms with Crippen LogP contribution in [0.3, 0.4) is 0 Å². The molecule has 28 heavy (non-hydrogen) atoms. The van der Waals surface area contributed by atoms with E-state index in [0.29, 0.717) is 12.5 Å². The molecule has 1 aliphatic carbocycles. The zero-order chi connectivity index (χ0) is 19.4. The highest BCUT2D eigenvalue weighted by Crippen LogP contribution is 2.45. The summed E-state index contributed by atoms with van der Waals surface area (Å²) in [4.78, 5) is 4.23. The molecule has 0 atom stereocenters. The van der Waals surface area contributed by atoms with Gasteiger partial charge in [-0.2, -0.15) is 0 Å². The van der Waals surface area contributed by atoms with E-state index < -0.39 is 0 Å². The molecule has 1 aromatic heterocycles. The van der Waals surface area contributed by atoms with Gasteiger partial charge in [0.25, 0.3) is 0 Å². The van der Waals surface area contributed by atoms with E-state index in [-0.39, 0.29) is 0 Å². The lowest BCUT2D eigenvalue weighted by molar-refractivity contribution is 0.619. The number of nitrogens with zero attached hydrogens (tertiary/aromatic N) is 5. The van der Waals surface area contributed by atoms with Crippen LogP contribution in [0.2, 0.25) is 5.02 Å². The van der Waals surface area contributed by atoms with Crippen LogP contribution in [-0.4, -0.2) is 29.1 Å². The van der Waals surface area contributed by atoms with Crippen molar-refractivity contribution >= 4 is 23.0 Å². The summed E-state index contributed by atoms with van der Waals surface area (Å²) in [6.07, 6.45) is 2.37. The van der Waals surface area contributed by atoms with Crippen LogP contribution in [0.5, 0.6) is 0 Å². The Morgan fingerprint density at radius 1 is 1.07 bits per heavy atom. The number of anilines is 2. The van der Waals surface area contributed by atoms with Gasteiger partial charge in [-0.25, -0.2) is 4.68 Å². The number of halogens is 1. The van der Waals surface area contributed by atoms with Crippen molar-refractivity contribution in [3.8, 4) is 11.3 Å². The summed E-state index contributed by atoms with van der Waals surface area (Å²) in [5, 5.41) is 9.73. The van der Waals surface area contributed by atoms with Crippen molar-refractivity contribution in [1.29, 1.82) is 0 Å². The molecule has 0 radical (unpaired) electrons. The van der Waals surface area contributed by atoms with Crippen molar-refractivity contribution < 1.29 is 0 Å². The smallest absolute Gasteiger partial charge is 0.118 e. The van der Waals surface area contributed by atoms with Crippen molar-refractivity contribution in [2.24, 2.45) is 0 Å². The van der Waals surface area contributed by atoms with Crippen molar-refractivity contribution in [3.63, 3.8) is 0 Å². The Labute approximate surface area is 169 Å². The second kappa shape index (κ2) is 6.38. The van der Waals surface area contributed by atoms with E-state index in [9.17, 15) is 0 Å². The number of rotatable bonds is 4. The first-order valence-electron chi connectivity index (χ1n) is 9.52. The summed E-state index contributed by atoms with van der Waals surface area (Å²) in [6, 6.07) is 14.4. The molecule has 1 saturated carbocycles. The summed E-state index contributed by atoms with van der Waals surface area (Å²) < 4.78 is 2.05. The van der Waals surface area contributed by atoms with Crippen molar-refractivity contribution in [2.45, 2.75) is 25.3 Å². The first-order valence-corrected chi connectivity index (χ1v) is 9.90. The Hall–Kier alpha value is -2.79. The summed E-state index contributed by atoms with van der Waals surface area (Å²) in [5.74, 6) is 1.50. The van der Waals surface area contributed by atoms with E-state index in [2.05, 4.69) is 51.9 Å². The van der Waals surface area contributed by atoms with Gasteiger partial charge in [-0.1, -0.05) is 47.7 Å². The van der Waals surface area contributed by atoms with Gasteiger partial charge in [0.15, 0.2) is 0 Å². The van der Waals surface area contributed by atoms with Gasteiger partial charge in [0, 0.05) is 25.6 Å². The van der Waals surface area contributed by atoms with E-state index in [4.69, 9.17) is 11.6 Å². The average molecular weight is 392 g/mol. The molecule has 0 amide bonds. The molecular weight excluding hydrogens is 370 g/mol. The summed E-state index contributed by atoms with van der Waals surface area (Å²) in [6.45, 7) is 4.84. The van der Waals surface area contributed by atoms with Crippen LogP contribution in [0.1, 0.15) is 30.0 Å². The monoisotopic (exact) mass is 391 g/mol. The Bertz CT molecular complexity index is 1080. The maximum Gasteiger partial charge on any atom is 0.118 e. The third-order valence-corrected chi connectivity index (χ3v) is 6.07. The van der Waals surface area contributed by atoms with Crippen molar-refractivity contribution in [1.82, 2.24) is 15.0 Å². The Kier molecular flexibility index (Phi) is 3.95. The molecule has 0 spiro atoms. The van der Waals surface area contributed by atoms with Crippen molar-refractivity contribution in [3.05, 3.63) is 71.1 Å². The number of hydrogen-bond acceptors (Lipinski definition) is 4. The molecule has 6 heteroatoms. The largest absolute Gasteiger partial charge is 0.330 e. The molecule has 0 saturated heterocycles. The molecule has 1 aliphatic heterocycles. The number of benzene rings is 2. The fourth-order valence-corrected chi connectivity index (χ4v) is 4.16. The third-order valence-electron chi connectivity index (χ3n) is 5.74. The van der Waals surface area contributed by atoms with Crippen LogP contribution in [0.25, 0.3) is 11.3 Å². The summed E-state index contributed by atoms with van der Waals surface area (Å²) in [5.41, 5.74) is 6.62. The van der Waals surface area contributed by atoms with Crippen LogP contribution in [-0.2, 0) is 6.54 Å². The van der Waals surface area contributed by atoms with Gasteiger partial charge in [0.1, 0.15) is 11.5 Å². The Morgan fingerprint density at radius 3 is 2.57 bits per heavy atom. The fraction of sp³-hybridized carbons (Fsp3) is 0.273. The topological polar surface area (TPSA) is 37.2 Å². The second-order valence-corrected chi connectivity index (χ2v) is 8.00. The first kappa shape index (κ1) is 17.3. The predicted molar refractivity (Wildman–Crippen MR) is 114 cm³/mol. The normalized spacial score (nSPS) is 16.0. The molecule has 5 nitrogen and oxygen atoms in total. The van der Waals surface area contributed by atoms with Crippen LogP contribution >= 0.6 is 11.6 Å². The molecule has 5 rings (SSSR count). The molecule has 3 aromatic rings. The van der Waals surface area contributed by atoms with E-state index in [1.165, 1.54) is 35.5 Å². The van der Waals surface area contributed by atoms with E-state index >= 15 is 0 Å². The Morgan fingerprint density at radius 2 is 1.82 bits per heavy atom. The van der Waals surface area contributed by atoms with Gasteiger partial charge in [-0.15, -0.1) is 5.10 Å². The van der Waals surface area contributed by atoms with Crippen LogP contribution in [0, 0.1) is 0 Å². The molecule has 0 unspecified atom stereocenters. The molecule has 2 aromatic carbocycles. The van der Waals surface area contributed by atoms with Gasteiger partial charge in [0.2, 0.25) is 0 Å². The second-order valence-electron chi connectivity index (χ2n) is 7.59. The highest BCUT2D eigenvalue weighted by Gasteiger charge is 2.32. The highest BCUT2D eigenvalue weighted by atomic mass is 35.5. The summed E-state index contributed by atoms with van der Waals surface area (Å²) >= 11 is 6.44. The molecule has 0 N–H and O–H groups in total. The predicted octanol–water partition coefficient (Wildman–Crippen LogP) is 4.88. The van der Waals surface area contributed by atoms with Crippen LogP contribution < -0.4 is 9.80 Å². The highest BCUT2D eigenvalue weighted by molar-refractivity contribution is 6.33. The molecule has 142 valence electrons. The van der Waals surface area contributed by atoms with Crippen LogP contribution in [0.4, 0.5) is 11.4 Å². The summed E-state index contributed by atoms with van der Waals surface area (Å²) in [7, 11) is 4.10. The first-order chi connectivity index (χ1) is 13.5. The number of fused-ring (bicyclic) bond motifs is 1. The zero-order valence-corrected chi connectivity index (χ0v) is 16.8. The van der Waals surface area contributed by atoms with Gasteiger partial charge in [-0.3, -0.25) is 0 Å². The molecular formula is C22H22ClN5. The third kappa shape index (κ3) is 2.69. The van der Waals surface area contributed by atoms with Gasteiger partial charge in [0.05, 0.1) is 28.6 Å². The lowest BCUT2D eigenvalue weighted by atomic mass is 10.1. The van der Waals surface area contributed by atoms with E-state index in [1.807, 2.05) is 36.0 Å². The minimum atomic E-state index is 0.518. The van der Waals surface area contributed by atoms with E-state index in [0.717, 1.165) is 22.1 Å². The maximum absolute atomic E-state index is 6.44. The quantitative estimate of drug-likeness (QED) is 0.635. The molecule has 0 bridgehead atoms. The number of aromatic nitrogens is 3. The molecule has 2 aliphatic rings. The van der Waals surface area contributed by atoms with Crippen molar-refractivity contribution in [2.75, 3.05) is 23.9 Å². The van der Waals surface area contributed by atoms with Gasteiger partial charge >= 0.3 is 0 Å². The molecule has 1 fully saturated rings. The zero-order valence-electron chi connectivity index (χ0n) is 16.1. The van der Waals surface area contributed by atoms with E-state index in [1.54, 1.807) is 0 Å². The van der Waals surface area contributed by atoms with Gasteiger partial charge < -0.3 is 9.80 Å². The van der Waals surface area contributed by atoms with Crippen LogP contribution in [0.15, 0.2) is 54.9 Å². The fourth-order valence-electron chi connectivity index (χ4n) is 3.94. The average Bonchev–Trinajstić information content (AvgIpc) is 3.42. The number of hydrogen-bond donors (Lipinski definition) is 0. The minimum absolute atomic E-state index is 0.518. The SMILES string of the molecule is C=C1N(C)c2ccc(Cn3nnc(-c4ccccc4Cl)c3C3CC3)cc2N1C. The minimum Gasteiger partial charge on any atom is -0.330 e. The Balaban J connectivity index is 1.52. The van der Waals surface area contributed by atoms with Gasteiger partial charge in [-0.05, 0) is 36.6 Å².